The lowest BCUT2D eigenvalue weighted by molar-refractivity contribution is -0.931. The van der Waals surface area contributed by atoms with E-state index in [9.17, 15) is 14.7 Å². The molecule has 4 rings (SSSR count). The van der Waals surface area contributed by atoms with Gasteiger partial charge < -0.3 is 24.2 Å². The number of thiophene rings is 1. The first kappa shape index (κ1) is 22.9. The number of likely N-dealkylation sites (N-methyl/N-ethyl adjacent to an activating group) is 1. The topological polar surface area (TPSA) is 102 Å². The number of ether oxygens (including phenoxy) is 1. The number of hydrogen-bond donors (Lipinski definition) is 2. The molecule has 1 aliphatic heterocycles. The number of hydrogen-bond acceptors (Lipinski definition) is 7. The van der Waals surface area contributed by atoms with Gasteiger partial charge in [0.25, 0.3) is 5.91 Å². The van der Waals surface area contributed by atoms with Crippen LogP contribution in [0.3, 0.4) is 0 Å². The summed E-state index contributed by atoms with van der Waals surface area (Å²) in [6.07, 6.45) is 7.99. The Morgan fingerprint density at radius 3 is 2.75 bits per heavy atom. The average Bonchev–Trinajstić information content (AvgIpc) is 3.55. The molecule has 0 spiro atoms. The van der Waals surface area contributed by atoms with Gasteiger partial charge in [-0.15, -0.1) is 11.3 Å². The quantitative estimate of drug-likeness (QED) is 0.461. The van der Waals surface area contributed by atoms with Gasteiger partial charge in [-0.2, -0.15) is 0 Å². The SMILES string of the molecule is C[N+]1(CC(=O)Nc2ccon2)CCCCC1COC(=O)C(O)(c1cccs1)C1CCCC1. The van der Waals surface area contributed by atoms with Crippen molar-refractivity contribution in [1.29, 1.82) is 0 Å². The van der Waals surface area contributed by atoms with E-state index >= 15 is 0 Å². The van der Waals surface area contributed by atoms with Crippen LogP contribution >= 0.6 is 11.3 Å². The average molecular weight is 463 g/mol. The van der Waals surface area contributed by atoms with Crippen LogP contribution in [-0.2, 0) is 19.9 Å². The zero-order valence-electron chi connectivity index (χ0n) is 18.5. The predicted octanol–water partition coefficient (Wildman–Crippen LogP) is 3.29. The third-order valence-electron chi connectivity index (χ3n) is 7.11. The molecule has 1 saturated heterocycles. The van der Waals surface area contributed by atoms with Crippen LogP contribution in [0.15, 0.2) is 34.4 Å². The highest BCUT2D eigenvalue weighted by molar-refractivity contribution is 7.10. The highest BCUT2D eigenvalue weighted by atomic mass is 32.1. The summed E-state index contributed by atoms with van der Waals surface area (Å²) in [7, 11) is 2.03. The van der Waals surface area contributed by atoms with Gasteiger partial charge in [-0.3, -0.25) is 4.79 Å². The Hall–Kier alpha value is -2.23. The maximum Gasteiger partial charge on any atom is 0.344 e. The number of quaternary nitrogens is 1. The first-order valence-corrected chi connectivity index (χ1v) is 12.3. The van der Waals surface area contributed by atoms with Crippen molar-refractivity contribution in [3.8, 4) is 0 Å². The molecular formula is C23H32N3O5S+. The molecule has 2 N–H and O–H groups in total. The predicted molar refractivity (Wildman–Crippen MR) is 120 cm³/mol. The third-order valence-corrected chi connectivity index (χ3v) is 8.10. The Labute approximate surface area is 192 Å². The third kappa shape index (κ3) is 4.74. The minimum atomic E-state index is -1.59. The highest BCUT2D eigenvalue weighted by Gasteiger charge is 2.49. The van der Waals surface area contributed by atoms with Crippen molar-refractivity contribution in [3.63, 3.8) is 0 Å². The molecule has 0 radical (unpaired) electrons. The summed E-state index contributed by atoms with van der Waals surface area (Å²) in [5.41, 5.74) is -1.59. The molecule has 0 aromatic carbocycles. The number of nitrogens with one attached hydrogen (secondary N) is 1. The number of rotatable bonds is 8. The molecule has 9 heteroatoms. The smallest absolute Gasteiger partial charge is 0.344 e. The summed E-state index contributed by atoms with van der Waals surface area (Å²) in [6, 6.07) is 5.27. The normalized spacial score (nSPS) is 25.9. The van der Waals surface area contributed by atoms with Gasteiger partial charge in [0.2, 0.25) is 0 Å². The molecule has 2 fully saturated rings. The minimum absolute atomic E-state index is 0.00748. The van der Waals surface area contributed by atoms with Crippen LogP contribution in [0, 0.1) is 5.92 Å². The molecule has 1 saturated carbocycles. The molecule has 3 heterocycles. The Bertz CT molecular complexity index is 897. The molecule has 174 valence electrons. The van der Waals surface area contributed by atoms with E-state index < -0.39 is 11.6 Å². The lowest BCUT2D eigenvalue weighted by Crippen LogP contribution is -2.60. The number of nitrogens with zero attached hydrogens (tertiary/aromatic N) is 2. The van der Waals surface area contributed by atoms with E-state index in [-0.39, 0.29) is 31.0 Å². The van der Waals surface area contributed by atoms with Crippen molar-refractivity contribution in [3.05, 3.63) is 34.7 Å². The number of amides is 1. The zero-order valence-corrected chi connectivity index (χ0v) is 19.3. The van der Waals surface area contributed by atoms with Crippen molar-refractivity contribution >= 4 is 29.0 Å². The Kier molecular flexibility index (Phi) is 6.97. The van der Waals surface area contributed by atoms with Crippen LogP contribution in [0.2, 0.25) is 0 Å². The summed E-state index contributed by atoms with van der Waals surface area (Å²) in [5, 5.41) is 19.9. The van der Waals surface area contributed by atoms with Gasteiger partial charge in [0, 0.05) is 23.3 Å². The second-order valence-corrected chi connectivity index (χ2v) is 10.2. The molecule has 2 aliphatic rings. The van der Waals surface area contributed by atoms with E-state index in [0.29, 0.717) is 15.2 Å². The number of carbonyl (C=O) groups excluding carboxylic acids is 2. The van der Waals surface area contributed by atoms with Crippen LogP contribution in [0.25, 0.3) is 0 Å². The first-order chi connectivity index (χ1) is 15.4. The van der Waals surface area contributed by atoms with E-state index in [1.165, 1.54) is 17.6 Å². The summed E-state index contributed by atoms with van der Waals surface area (Å²) in [4.78, 5) is 26.5. The van der Waals surface area contributed by atoms with Crippen molar-refractivity contribution in [2.75, 3.05) is 32.1 Å². The van der Waals surface area contributed by atoms with Gasteiger partial charge in [0.15, 0.2) is 18.0 Å². The van der Waals surface area contributed by atoms with Gasteiger partial charge in [0.05, 0.1) is 13.6 Å². The van der Waals surface area contributed by atoms with Gasteiger partial charge in [0.1, 0.15) is 18.9 Å². The molecule has 3 atom stereocenters. The molecule has 3 unspecified atom stereocenters. The van der Waals surface area contributed by atoms with E-state index in [2.05, 4.69) is 10.5 Å². The molecule has 0 bridgehead atoms. The monoisotopic (exact) mass is 462 g/mol. The molecule has 2 aromatic rings. The molecule has 2 aromatic heterocycles. The molecule has 32 heavy (non-hydrogen) atoms. The van der Waals surface area contributed by atoms with Crippen molar-refractivity contribution in [1.82, 2.24) is 5.16 Å². The largest absolute Gasteiger partial charge is 0.457 e. The summed E-state index contributed by atoms with van der Waals surface area (Å²) >= 11 is 1.40. The standard InChI is InChI=1S/C23H31N3O5S/c1-26(15-21(27)24-20-11-13-31-25-20)12-5-4-9-18(26)16-30-22(28)23(29,17-7-2-3-8-17)19-10-6-14-32-19/h6,10-11,13-14,17-18,29H,2-5,7-9,12,15-16H2,1H3/p+1. The van der Waals surface area contributed by atoms with Gasteiger partial charge in [-0.25, -0.2) is 4.79 Å². The Morgan fingerprint density at radius 1 is 1.28 bits per heavy atom. The number of carbonyl (C=O) groups is 2. The fourth-order valence-electron chi connectivity index (χ4n) is 5.20. The minimum Gasteiger partial charge on any atom is -0.457 e. The number of aromatic nitrogens is 1. The van der Waals surface area contributed by atoms with Crippen LogP contribution in [-0.4, -0.2) is 59.4 Å². The fourth-order valence-corrected chi connectivity index (χ4v) is 6.09. The van der Waals surface area contributed by atoms with Crippen LogP contribution in [0.5, 0.6) is 0 Å². The maximum absolute atomic E-state index is 13.3. The summed E-state index contributed by atoms with van der Waals surface area (Å²) in [5.74, 6) is -0.440. The van der Waals surface area contributed by atoms with Gasteiger partial charge in [-0.1, -0.05) is 24.1 Å². The van der Waals surface area contributed by atoms with Crippen molar-refractivity contribution < 1.29 is 28.4 Å². The second-order valence-electron chi connectivity index (χ2n) is 9.27. The Balaban J connectivity index is 1.43. The number of anilines is 1. The van der Waals surface area contributed by atoms with Crippen LogP contribution in [0.4, 0.5) is 5.82 Å². The van der Waals surface area contributed by atoms with Crippen molar-refractivity contribution in [2.45, 2.75) is 56.6 Å². The van der Waals surface area contributed by atoms with Crippen LogP contribution in [0.1, 0.15) is 49.8 Å². The lowest BCUT2D eigenvalue weighted by Gasteiger charge is -2.44. The fraction of sp³-hybridized carbons (Fsp3) is 0.609. The van der Waals surface area contributed by atoms with Gasteiger partial charge in [-0.05, 0) is 37.1 Å². The second kappa shape index (κ2) is 9.72. The molecule has 1 amide bonds. The lowest BCUT2D eigenvalue weighted by atomic mass is 9.84. The number of likely N-dealkylation sites (tertiary alicyclic amines) is 1. The van der Waals surface area contributed by atoms with Crippen LogP contribution < -0.4 is 5.32 Å². The molecular weight excluding hydrogens is 430 g/mol. The first-order valence-electron chi connectivity index (χ1n) is 11.4. The summed E-state index contributed by atoms with van der Waals surface area (Å²) in [6.45, 7) is 1.27. The van der Waals surface area contributed by atoms with E-state index in [4.69, 9.17) is 9.26 Å². The number of piperidine rings is 1. The highest BCUT2D eigenvalue weighted by Crippen LogP contribution is 2.43. The number of aliphatic hydroxyl groups is 1. The summed E-state index contributed by atoms with van der Waals surface area (Å²) < 4.78 is 11.1. The maximum atomic E-state index is 13.3. The Morgan fingerprint density at radius 2 is 2.06 bits per heavy atom. The number of esters is 1. The molecule has 1 aliphatic carbocycles. The van der Waals surface area contributed by atoms with Gasteiger partial charge >= 0.3 is 5.97 Å². The van der Waals surface area contributed by atoms with E-state index in [0.717, 1.165) is 51.5 Å². The van der Waals surface area contributed by atoms with E-state index in [1.54, 1.807) is 6.07 Å². The van der Waals surface area contributed by atoms with Crippen molar-refractivity contribution in [2.24, 2.45) is 5.92 Å². The zero-order chi connectivity index (χ0) is 22.6. The molecule has 8 nitrogen and oxygen atoms in total. The van der Waals surface area contributed by atoms with E-state index in [1.807, 2.05) is 24.6 Å².